The van der Waals surface area contributed by atoms with Crippen molar-refractivity contribution in [2.45, 2.75) is 57.5 Å². The van der Waals surface area contributed by atoms with Gasteiger partial charge in [-0.2, -0.15) is 0 Å². The molecule has 1 atom stereocenters. The molecule has 23 heavy (non-hydrogen) atoms. The van der Waals surface area contributed by atoms with E-state index in [0.29, 0.717) is 18.0 Å². The zero-order valence-electron chi connectivity index (χ0n) is 13.4. The molecule has 2 aliphatic rings. The normalized spacial score (nSPS) is 20.2. The van der Waals surface area contributed by atoms with E-state index < -0.39 is 6.10 Å². The van der Waals surface area contributed by atoms with Crippen molar-refractivity contribution in [3.8, 4) is 0 Å². The predicted molar refractivity (Wildman–Crippen MR) is 84.6 cm³/mol. The summed E-state index contributed by atoms with van der Waals surface area (Å²) >= 11 is 0. The SMILES string of the molecule is O=C(c1cnc[nH]1)N(C[C@H](O)CC1CCCCC1)C(=O)C1CC1. The van der Waals surface area contributed by atoms with Gasteiger partial charge in [0.05, 0.1) is 25.2 Å². The fourth-order valence-corrected chi connectivity index (χ4v) is 3.43. The first kappa shape index (κ1) is 16.2. The molecule has 2 saturated carbocycles. The Bertz CT molecular complexity index is 533. The summed E-state index contributed by atoms with van der Waals surface area (Å²) < 4.78 is 0. The first-order valence-corrected chi connectivity index (χ1v) is 8.67. The van der Waals surface area contributed by atoms with E-state index in [1.165, 1.54) is 36.7 Å². The molecule has 126 valence electrons. The number of aromatic nitrogens is 2. The lowest BCUT2D eigenvalue weighted by Gasteiger charge is -2.27. The van der Waals surface area contributed by atoms with Gasteiger partial charge in [-0.3, -0.25) is 14.5 Å². The van der Waals surface area contributed by atoms with Crippen molar-refractivity contribution in [1.29, 1.82) is 0 Å². The van der Waals surface area contributed by atoms with E-state index >= 15 is 0 Å². The monoisotopic (exact) mass is 319 g/mol. The number of nitrogens with one attached hydrogen (secondary N) is 1. The second kappa shape index (κ2) is 7.25. The van der Waals surface area contributed by atoms with Gasteiger partial charge < -0.3 is 10.1 Å². The molecule has 0 aromatic carbocycles. The second-order valence-electron chi connectivity index (χ2n) is 6.89. The Morgan fingerprint density at radius 2 is 2.00 bits per heavy atom. The molecule has 6 heteroatoms. The number of aliphatic hydroxyl groups is 1. The molecule has 3 rings (SSSR count). The number of aliphatic hydroxyl groups excluding tert-OH is 1. The summed E-state index contributed by atoms with van der Waals surface area (Å²) in [5.74, 6) is -0.0861. The summed E-state index contributed by atoms with van der Waals surface area (Å²) in [6.07, 6.45) is 10.5. The van der Waals surface area contributed by atoms with Crippen molar-refractivity contribution in [3.63, 3.8) is 0 Å². The van der Waals surface area contributed by atoms with E-state index in [2.05, 4.69) is 9.97 Å². The van der Waals surface area contributed by atoms with Crippen LogP contribution in [0.1, 0.15) is 61.9 Å². The smallest absolute Gasteiger partial charge is 0.278 e. The number of hydrogen-bond acceptors (Lipinski definition) is 4. The van der Waals surface area contributed by atoms with E-state index in [1.807, 2.05) is 0 Å². The summed E-state index contributed by atoms with van der Waals surface area (Å²) in [4.78, 5) is 32.8. The summed E-state index contributed by atoms with van der Waals surface area (Å²) in [6.45, 7) is 0.0870. The van der Waals surface area contributed by atoms with Crippen molar-refractivity contribution in [2.24, 2.45) is 11.8 Å². The number of carbonyl (C=O) groups is 2. The number of imide groups is 1. The number of rotatable bonds is 6. The van der Waals surface area contributed by atoms with Crippen LogP contribution in [0.5, 0.6) is 0 Å². The van der Waals surface area contributed by atoms with Gasteiger partial charge in [0, 0.05) is 5.92 Å². The maximum Gasteiger partial charge on any atom is 0.278 e. The van der Waals surface area contributed by atoms with Crippen molar-refractivity contribution in [2.75, 3.05) is 6.54 Å². The van der Waals surface area contributed by atoms with E-state index in [4.69, 9.17) is 0 Å². The summed E-state index contributed by atoms with van der Waals surface area (Å²) in [7, 11) is 0. The van der Waals surface area contributed by atoms with Crippen LogP contribution in [0.4, 0.5) is 0 Å². The third-order valence-electron chi connectivity index (χ3n) is 4.89. The molecule has 0 spiro atoms. The standard InChI is InChI=1S/C17H25N3O3/c21-14(8-12-4-2-1-3-5-12)10-20(16(22)13-6-7-13)17(23)15-9-18-11-19-15/h9,11-14,21H,1-8,10H2,(H,18,19)/t14-/m1/s1. The van der Waals surface area contributed by atoms with Crippen LogP contribution in [0.3, 0.4) is 0 Å². The minimum Gasteiger partial charge on any atom is -0.391 e. The van der Waals surface area contributed by atoms with Gasteiger partial charge in [0.1, 0.15) is 5.69 Å². The second-order valence-corrected chi connectivity index (χ2v) is 6.89. The predicted octanol–water partition coefficient (Wildman–Crippen LogP) is 2.12. The van der Waals surface area contributed by atoms with Crippen LogP contribution in [0.2, 0.25) is 0 Å². The highest BCUT2D eigenvalue weighted by molar-refractivity contribution is 6.04. The Kier molecular flexibility index (Phi) is 5.10. The molecule has 1 aromatic rings. The minimum atomic E-state index is -0.646. The zero-order valence-corrected chi connectivity index (χ0v) is 13.4. The van der Waals surface area contributed by atoms with Crippen molar-refractivity contribution >= 4 is 11.8 Å². The molecule has 6 nitrogen and oxygen atoms in total. The van der Waals surface area contributed by atoms with E-state index in [9.17, 15) is 14.7 Å². The summed E-state index contributed by atoms with van der Waals surface area (Å²) in [5, 5.41) is 10.4. The number of amides is 2. The Morgan fingerprint density at radius 3 is 2.61 bits per heavy atom. The summed E-state index contributed by atoms with van der Waals surface area (Å²) in [5.41, 5.74) is 0.295. The average Bonchev–Trinajstić information content (AvgIpc) is 3.27. The van der Waals surface area contributed by atoms with E-state index in [0.717, 1.165) is 25.7 Å². The molecule has 2 amide bonds. The molecular formula is C17H25N3O3. The van der Waals surface area contributed by atoms with E-state index in [1.54, 1.807) is 0 Å². The molecule has 2 aliphatic carbocycles. The van der Waals surface area contributed by atoms with Gasteiger partial charge in [-0.25, -0.2) is 4.98 Å². The highest BCUT2D eigenvalue weighted by Crippen LogP contribution is 2.32. The molecule has 1 aromatic heterocycles. The van der Waals surface area contributed by atoms with Gasteiger partial charge in [-0.05, 0) is 25.2 Å². The van der Waals surface area contributed by atoms with Crippen molar-refractivity contribution in [3.05, 3.63) is 18.2 Å². The first-order chi connectivity index (χ1) is 11.1. The average molecular weight is 319 g/mol. The third-order valence-corrected chi connectivity index (χ3v) is 4.89. The van der Waals surface area contributed by atoms with Crippen LogP contribution in [0, 0.1) is 11.8 Å². The van der Waals surface area contributed by atoms with Crippen LogP contribution in [0.25, 0.3) is 0 Å². The largest absolute Gasteiger partial charge is 0.391 e. The van der Waals surface area contributed by atoms with Crippen LogP contribution in [-0.4, -0.2) is 44.4 Å². The molecule has 0 saturated heterocycles. The molecule has 2 fully saturated rings. The zero-order chi connectivity index (χ0) is 16.2. The van der Waals surface area contributed by atoms with Crippen LogP contribution in [0.15, 0.2) is 12.5 Å². The van der Waals surface area contributed by atoms with E-state index in [-0.39, 0.29) is 24.3 Å². The maximum absolute atomic E-state index is 12.5. The number of carbonyl (C=O) groups excluding carboxylic acids is 2. The molecule has 0 unspecified atom stereocenters. The number of imidazole rings is 1. The Labute approximate surface area is 136 Å². The molecule has 0 bridgehead atoms. The lowest BCUT2D eigenvalue weighted by atomic mass is 9.85. The van der Waals surface area contributed by atoms with Gasteiger partial charge >= 0.3 is 0 Å². The van der Waals surface area contributed by atoms with Crippen LogP contribution >= 0.6 is 0 Å². The molecule has 0 radical (unpaired) electrons. The van der Waals surface area contributed by atoms with Gasteiger partial charge in [0.2, 0.25) is 5.91 Å². The highest BCUT2D eigenvalue weighted by atomic mass is 16.3. The fraction of sp³-hybridized carbons (Fsp3) is 0.706. The van der Waals surface area contributed by atoms with Gasteiger partial charge in [-0.15, -0.1) is 0 Å². The quantitative estimate of drug-likeness (QED) is 0.786. The molecule has 1 heterocycles. The Hall–Kier alpha value is -1.69. The minimum absolute atomic E-state index is 0.0521. The highest BCUT2D eigenvalue weighted by Gasteiger charge is 2.37. The lowest BCUT2D eigenvalue weighted by Crippen LogP contribution is -2.43. The number of nitrogens with zero attached hydrogens (tertiary/aromatic N) is 2. The Balaban J connectivity index is 1.63. The lowest BCUT2D eigenvalue weighted by molar-refractivity contribution is -0.131. The van der Waals surface area contributed by atoms with Gasteiger partial charge in [0.25, 0.3) is 5.91 Å². The molecule has 0 aliphatic heterocycles. The van der Waals surface area contributed by atoms with Crippen molar-refractivity contribution < 1.29 is 14.7 Å². The van der Waals surface area contributed by atoms with Crippen LogP contribution < -0.4 is 0 Å². The van der Waals surface area contributed by atoms with Gasteiger partial charge in [0.15, 0.2) is 0 Å². The maximum atomic E-state index is 12.5. The number of H-pyrrole nitrogens is 1. The third kappa shape index (κ3) is 4.19. The Morgan fingerprint density at radius 1 is 1.26 bits per heavy atom. The number of hydrogen-bond donors (Lipinski definition) is 2. The summed E-state index contributed by atoms with van der Waals surface area (Å²) in [6, 6.07) is 0. The fourth-order valence-electron chi connectivity index (χ4n) is 3.43. The van der Waals surface area contributed by atoms with Gasteiger partial charge in [-0.1, -0.05) is 32.1 Å². The first-order valence-electron chi connectivity index (χ1n) is 8.67. The van der Waals surface area contributed by atoms with Crippen molar-refractivity contribution in [1.82, 2.24) is 14.9 Å². The van der Waals surface area contributed by atoms with Crippen LogP contribution in [-0.2, 0) is 4.79 Å². The topological polar surface area (TPSA) is 86.3 Å². The number of aromatic amines is 1. The molecular weight excluding hydrogens is 294 g/mol. The molecule has 2 N–H and O–H groups in total.